The smallest absolute Gasteiger partial charge is 0.212 e. The molecule has 1 rings (SSSR count). The van der Waals surface area contributed by atoms with Crippen LogP contribution in [0, 0.1) is 6.92 Å². The van der Waals surface area contributed by atoms with Gasteiger partial charge < -0.3 is 4.42 Å². The first-order chi connectivity index (χ1) is 7.03. The van der Waals surface area contributed by atoms with E-state index in [4.69, 9.17) is 4.42 Å². The molecule has 1 aromatic heterocycles. The molecule has 1 N–H and O–H groups in total. The highest BCUT2D eigenvalue weighted by atomic mass is 32.2. The van der Waals surface area contributed by atoms with Crippen LogP contribution in [0.5, 0.6) is 0 Å². The van der Waals surface area contributed by atoms with Gasteiger partial charge in [0, 0.05) is 0 Å². The summed E-state index contributed by atoms with van der Waals surface area (Å²) in [5.41, 5.74) is 0. The van der Waals surface area contributed by atoms with E-state index in [9.17, 15) is 8.42 Å². The number of hydrogen-bond donors (Lipinski definition) is 1. The van der Waals surface area contributed by atoms with Gasteiger partial charge in [-0.3, -0.25) is 0 Å². The number of hydrogen-bond acceptors (Lipinski definition) is 4. The molecule has 0 saturated heterocycles. The largest absolute Gasteiger partial charge is 0.445 e. The van der Waals surface area contributed by atoms with E-state index in [1.165, 1.54) is 0 Å². The van der Waals surface area contributed by atoms with Crippen molar-refractivity contribution in [2.75, 3.05) is 5.75 Å². The van der Waals surface area contributed by atoms with Crippen LogP contribution in [0.4, 0.5) is 0 Å². The van der Waals surface area contributed by atoms with Crippen molar-refractivity contribution in [3.05, 3.63) is 17.8 Å². The van der Waals surface area contributed by atoms with Crippen molar-refractivity contribution in [1.29, 1.82) is 0 Å². The zero-order valence-electron chi connectivity index (χ0n) is 8.99. The van der Waals surface area contributed by atoms with Gasteiger partial charge >= 0.3 is 0 Å². The number of nitrogens with zero attached hydrogens (tertiary/aromatic N) is 1. The van der Waals surface area contributed by atoms with Crippen LogP contribution in [-0.2, 0) is 16.6 Å². The molecule has 0 unspecified atom stereocenters. The molecule has 0 aliphatic heterocycles. The molecule has 0 aliphatic carbocycles. The number of oxazole rings is 1. The molecule has 0 aromatic carbocycles. The van der Waals surface area contributed by atoms with E-state index < -0.39 is 10.0 Å². The van der Waals surface area contributed by atoms with E-state index in [0.717, 1.165) is 6.42 Å². The maximum Gasteiger partial charge on any atom is 0.212 e. The lowest BCUT2D eigenvalue weighted by atomic mass is 10.4. The molecule has 0 fully saturated rings. The predicted octanol–water partition coefficient (Wildman–Crippen LogP) is 1.20. The van der Waals surface area contributed by atoms with Crippen LogP contribution in [0.15, 0.2) is 10.6 Å². The lowest BCUT2D eigenvalue weighted by Crippen LogP contribution is -2.25. The number of sulfonamides is 1. The van der Waals surface area contributed by atoms with E-state index in [2.05, 4.69) is 9.71 Å². The summed E-state index contributed by atoms with van der Waals surface area (Å²) in [7, 11) is -3.18. The highest BCUT2D eigenvalue weighted by Crippen LogP contribution is 2.02. The van der Waals surface area contributed by atoms with Crippen molar-refractivity contribution < 1.29 is 12.8 Å². The third-order valence-corrected chi connectivity index (χ3v) is 3.29. The molecule has 5 nitrogen and oxygen atoms in total. The van der Waals surface area contributed by atoms with E-state index in [1.807, 2.05) is 6.92 Å². The zero-order chi connectivity index (χ0) is 11.3. The van der Waals surface area contributed by atoms with Gasteiger partial charge in [0.2, 0.25) is 15.9 Å². The minimum absolute atomic E-state index is 0.125. The van der Waals surface area contributed by atoms with E-state index in [0.29, 0.717) is 18.1 Å². The van der Waals surface area contributed by atoms with Gasteiger partial charge in [-0.2, -0.15) is 0 Å². The third kappa shape index (κ3) is 4.44. The second kappa shape index (κ2) is 5.27. The van der Waals surface area contributed by atoms with Gasteiger partial charge in [0.05, 0.1) is 18.5 Å². The summed E-state index contributed by atoms with van der Waals surface area (Å²) >= 11 is 0. The van der Waals surface area contributed by atoms with Crippen molar-refractivity contribution in [3.63, 3.8) is 0 Å². The summed E-state index contributed by atoms with van der Waals surface area (Å²) in [6, 6.07) is 0. The average Bonchev–Trinajstić information content (AvgIpc) is 2.59. The Morgan fingerprint density at radius 2 is 2.27 bits per heavy atom. The second-order valence-electron chi connectivity index (χ2n) is 3.36. The standard InChI is InChI=1S/C9H16N2O3S/c1-3-4-5-15(12,13)11-7-9-10-6-8(2)14-9/h6,11H,3-5,7H2,1-2H3. The molecule has 0 saturated carbocycles. The molecular formula is C9H16N2O3S. The minimum Gasteiger partial charge on any atom is -0.445 e. The third-order valence-electron chi connectivity index (χ3n) is 1.88. The Morgan fingerprint density at radius 1 is 1.53 bits per heavy atom. The van der Waals surface area contributed by atoms with Crippen molar-refractivity contribution in [3.8, 4) is 0 Å². The van der Waals surface area contributed by atoms with Crippen molar-refractivity contribution in [1.82, 2.24) is 9.71 Å². The summed E-state index contributed by atoms with van der Waals surface area (Å²) in [4.78, 5) is 3.91. The van der Waals surface area contributed by atoms with Crippen LogP contribution >= 0.6 is 0 Å². The molecule has 0 radical (unpaired) electrons. The van der Waals surface area contributed by atoms with E-state index >= 15 is 0 Å². The molecular weight excluding hydrogens is 216 g/mol. The van der Waals surface area contributed by atoms with Gasteiger partial charge in [-0.15, -0.1) is 0 Å². The van der Waals surface area contributed by atoms with Gasteiger partial charge in [-0.1, -0.05) is 13.3 Å². The average molecular weight is 232 g/mol. The molecule has 6 heteroatoms. The molecule has 0 bridgehead atoms. The van der Waals surface area contributed by atoms with Crippen LogP contribution < -0.4 is 4.72 Å². The van der Waals surface area contributed by atoms with Crippen molar-refractivity contribution in [2.24, 2.45) is 0 Å². The Hall–Kier alpha value is -0.880. The summed E-state index contributed by atoms with van der Waals surface area (Å²) in [6.07, 6.45) is 3.09. The number of rotatable bonds is 6. The Morgan fingerprint density at radius 3 is 2.80 bits per heavy atom. The fourth-order valence-corrected chi connectivity index (χ4v) is 2.22. The summed E-state index contributed by atoms with van der Waals surface area (Å²) in [6.45, 7) is 3.84. The molecule has 1 heterocycles. The highest BCUT2D eigenvalue weighted by molar-refractivity contribution is 7.89. The molecule has 0 spiro atoms. The van der Waals surface area contributed by atoms with Gasteiger partial charge in [-0.25, -0.2) is 18.1 Å². The molecule has 0 aliphatic rings. The lowest BCUT2D eigenvalue weighted by molar-refractivity contribution is 0.463. The van der Waals surface area contributed by atoms with Crippen molar-refractivity contribution >= 4 is 10.0 Å². The van der Waals surface area contributed by atoms with Gasteiger partial charge in [0.15, 0.2) is 0 Å². The highest BCUT2D eigenvalue weighted by Gasteiger charge is 2.10. The fraction of sp³-hybridized carbons (Fsp3) is 0.667. The number of unbranched alkanes of at least 4 members (excludes halogenated alkanes) is 1. The first kappa shape index (κ1) is 12.2. The second-order valence-corrected chi connectivity index (χ2v) is 5.28. The predicted molar refractivity (Wildman–Crippen MR) is 56.8 cm³/mol. The molecule has 15 heavy (non-hydrogen) atoms. The van der Waals surface area contributed by atoms with E-state index in [1.54, 1.807) is 13.1 Å². The Kier molecular flexibility index (Phi) is 4.28. The normalized spacial score (nSPS) is 11.9. The Bertz CT molecular complexity index is 397. The lowest BCUT2D eigenvalue weighted by Gasteiger charge is -2.03. The summed E-state index contributed by atoms with van der Waals surface area (Å²) < 4.78 is 30.4. The molecule has 0 atom stereocenters. The molecule has 0 amide bonds. The van der Waals surface area contributed by atoms with Gasteiger partial charge in [0.1, 0.15) is 5.76 Å². The van der Waals surface area contributed by atoms with Crippen LogP contribution in [0.25, 0.3) is 0 Å². The van der Waals surface area contributed by atoms with Crippen LogP contribution in [0.2, 0.25) is 0 Å². The molecule has 1 aromatic rings. The van der Waals surface area contributed by atoms with Crippen molar-refractivity contribution in [2.45, 2.75) is 33.2 Å². The monoisotopic (exact) mass is 232 g/mol. The number of nitrogens with one attached hydrogen (secondary N) is 1. The number of aromatic nitrogens is 1. The first-order valence-electron chi connectivity index (χ1n) is 4.92. The summed E-state index contributed by atoms with van der Waals surface area (Å²) in [5.74, 6) is 1.23. The van der Waals surface area contributed by atoms with Crippen LogP contribution in [-0.4, -0.2) is 19.2 Å². The van der Waals surface area contributed by atoms with Crippen LogP contribution in [0.3, 0.4) is 0 Å². The SMILES string of the molecule is CCCCS(=O)(=O)NCc1ncc(C)o1. The van der Waals surface area contributed by atoms with E-state index in [-0.39, 0.29) is 12.3 Å². The van der Waals surface area contributed by atoms with Gasteiger partial charge in [0.25, 0.3) is 0 Å². The fourth-order valence-electron chi connectivity index (χ4n) is 1.06. The molecule has 86 valence electrons. The van der Waals surface area contributed by atoms with Crippen LogP contribution in [0.1, 0.15) is 31.4 Å². The number of aryl methyl sites for hydroxylation is 1. The zero-order valence-corrected chi connectivity index (χ0v) is 9.80. The first-order valence-corrected chi connectivity index (χ1v) is 6.57. The van der Waals surface area contributed by atoms with Gasteiger partial charge in [-0.05, 0) is 13.3 Å². The summed E-state index contributed by atoms with van der Waals surface area (Å²) in [5, 5.41) is 0. The topological polar surface area (TPSA) is 72.2 Å². The maximum absolute atomic E-state index is 11.4. The quantitative estimate of drug-likeness (QED) is 0.800. The minimum atomic E-state index is -3.18. The maximum atomic E-state index is 11.4. The Balaban J connectivity index is 2.42. The Labute approximate surface area is 89.9 Å².